The molecule has 0 spiro atoms. The van der Waals surface area contributed by atoms with E-state index in [9.17, 15) is 27.6 Å². The number of benzene rings is 1. The minimum absolute atomic E-state index is 0.105. The summed E-state index contributed by atoms with van der Waals surface area (Å²) in [6, 6.07) is 5.30. The van der Waals surface area contributed by atoms with Gasteiger partial charge in [-0.3, -0.25) is 14.2 Å². The Morgan fingerprint density at radius 3 is 2.36 bits per heavy atom. The van der Waals surface area contributed by atoms with Gasteiger partial charge in [-0.1, -0.05) is 17.3 Å². The minimum atomic E-state index is -4.76. The monoisotopic (exact) mass is 395 g/mol. The van der Waals surface area contributed by atoms with Crippen molar-refractivity contribution in [2.75, 3.05) is 5.32 Å². The maximum atomic E-state index is 12.5. The molecule has 0 aliphatic heterocycles. The van der Waals surface area contributed by atoms with Gasteiger partial charge in [0.25, 0.3) is 11.5 Å². The summed E-state index contributed by atoms with van der Waals surface area (Å²) in [6.45, 7) is 0. The van der Waals surface area contributed by atoms with Crippen LogP contribution in [0, 0.1) is 0 Å². The molecular formula is C16H12F3N5O4. The third-order valence-electron chi connectivity index (χ3n) is 3.77. The fourth-order valence-corrected chi connectivity index (χ4v) is 2.32. The number of amides is 1. The minimum Gasteiger partial charge on any atom is -0.329 e. The lowest BCUT2D eigenvalue weighted by molar-refractivity contribution is -0.159. The summed E-state index contributed by atoms with van der Waals surface area (Å²) < 4.78 is 43.7. The average molecular weight is 395 g/mol. The van der Waals surface area contributed by atoms with E-state index in [0.29, 0.717) is 0 Å². The lowest BCUT2D eigenvalue weighted by Crippen LogP contribution is -2.38. The van der Waals surface area contributed by atoms with Gasteiger partial charge in [0.2, 0.25) is 5.82 Å². The molecule has 9 nitrogen and oxygen atoms in total. The Bertz CT molecular complexity index is 1160. The van der Waals surface area contributed by atoms with Crippen LogP contribution in [0.1, 0.15) is 16.2 Å². The fraction of sp³-hybridized carbons (Fsp3) is 0.188. The predicted molar refractivity (Wildman–Crippen MR) is 89.6 cm³/mol. The average Bonchev–Trinajstić information content (AvgIpc) is 3.15. The van der Waals surface area contributed by atoms with Crippen LogP contribution >= 0.6 is 0 Å². The summed E-state index contributed by atoms with van der Waals surface area (Å²) in [4.78, 5) is 39.3. The van der Waals surface area contributed by atoms with E-state index in [0.717, 1.165) is 9.13 Å². The van der Waals surface area contributed by atoms with E-state index in [-0.39, 0.29) is 22.6 Å². The van der Waals surface area contributed by atoms with Crippen LogP contribution in [0.4, 0.5) is 18.9 Å². The summed E-state index contributed by atoms with van der Waals surface area (Å²) in [5.41, 5.74) is -1.01. The number of rotatable bonds is 3. The van der Waals surface area contributed by atoms with Gasteiger partial charge in [0.15, 0.2) is 0 Å². The van der Waals surface area contributed by atoms with E-state index in [1.165, 1.54) is 44.6 Å². The molecule has 2 heterocycles. The summed E-state index contributed by atoms with van der Waals surface area (Å²) in [5, 5.41) is 5.64. The van der Waals surface area contributed by atoms with Gasteiger partial charge >= 0.3 is 17.8 Å². The maximum Gasteiger partial charge on any atom is 0.471 e. The Morgan fingerprint density at radius 2 is 1.79 bits per heavy atom. The van der Waals surface area contributed by atoms with Gasteiger partial charge < -0.3 is 14.4 Å². The highest BCUT2D eigenvalue weighted by Crippen LogP contribution is 2.29. The van der Waals surface area contributed by atoms with Crippen LogP contribution in [0.25, 0.3) is 11.4 Å². The first-order valence-corrected chi connectivity index (χ1v) is 7.67. The van der Waals surface area contributed by atoms with Crippen molar-refractivity contribution in [3.8, 4) is 11.4 Å². The molecule has 28 heavy (non-hydrogen) atoms. The van der Waals surface area contributed by atoms with Gasteiger partial charge in [0.05, 0.1) is 0 Å². The van der Waals surface area contributed by atoms with E-state index in [2.05, 4.69) is 20.0 Å². The van der Waals surface area contributed by atoms with Gasteiger partial charge in [0, 0.05) is 31.4 Å². The molecule has 0 unspecified atom stereocenters. The van der Waals surface area contributed by atoms with Crippen LogP contribution in [0.3, 0.4) is 0 Å². The summed E-state index contributed by atoms with van der Waals surface area (Å²) in [6.07, 6.45) is -3.57. The van der Waals surface area contributed by atoms with Gasteiger partial charge in [-0.2, -0.15) is 18.2 Å². The van der Waals surface area contributed by atoms with Crippen molar-refractivity contribution in [3.05, 3.63) is 62.8 Å². The third-order valence-corrected chi connectivity index (χ3v) is 3.77. The number of nitrogens with zero attached hydrogens (tertiary/aromatic N) is 4. The highest BCUT2D eigenvalue weighted by Gasteiger charge is 2.38. The molecule has 0 radical (unpaired) electrons. The second-order valence-electron chi connectivity index (χ2n) is 5.75. The number of carbonyl (C=O) groups is 1. The molecule has 12 heteroatoms. The predicted octanol–water partition coefficient (Wildman–Crippen LogP) is 1.41. The van der Waals surface area contributed by atoms with Crippen molar-refractivity contribution in [2.24, 2.45) is 14.1 Å². The Morgan fingerprint density at radius 1 is 1.14 bits per heavy atom. The number of hydrogen-bond acceptors (Lipinski definition) is 6. The zero-order chi connectivity index (χ0) is 20.6. The maximum absolute atomic E-state index is 12.5. The highest BCUT2D eigenvalue weighted by atomic mass is 19.4. The molecule has 0 atom stereocenters. The molecular weight excluding hydrogens is 383 g/mol. The normalized spacial score (nSPS) is 11.5. The first-order valence-electron chi connectivity index (χ1n) is 7.67. The van der Waals surface area contributed by atoms with Crippen molar-refractivity contribution in [1.29, 1.82) is 0 Å². The van der Waals surface area contributed by atoms with E-state index in [1.54, 1.807) is 0 Å². The lowest BCUT2D eigenvalue weighted by Gasteiger charge is -2.08. The Balaban J connectivity index is 1.82. The second kappa shape index (κ2) is 6.79. The van der Waals surface area contributed by atoms with E-state index in [4.69, 9.17) is 0 Å². The van der Waals surface area contributed by atoms with Gasteiger partial charge in [-0.05, 0) is 12.1 Å². The highest BCUT2D eigenvalue weighted by molar-refractivity contribution is 6.04. The van der Waals surface area contributed by atoms with E-state index >= 15 is 0 Å². The molecule has 1 aromatic carbocycles. The van der Waals surface area contributed by atoms with E-state index < -0.39 is 29.2 Å². The molecule has 0 bridgehead atoms. The smallest absolute Gasteiger partial charge is 0.329 e. The number of nitrogens with one attached hydrogen (secondary N) is 1. The second-order valence-corrected chi connectivity index (χ2v) is 5.75. The van der Waals surface area contributed by atoms with Crippen molar-refractivity contribution in [1.82, 2.24) is 19.3 Å². The van der Waals surface area contributed by atoms with Crippen LogP contribution in [-0.4, -0.2) is 25.2 Å². The van der Waals surface area contributed by atoms with Crippen LogP contribution in [0.5, 0.6) is 0 Å². The molecule has 1 amide bonds. The molecule has 146 valence electrons. The Labute approximate surface area is 154 Å². The standard InChI is InChI=1S/C16H12F3N5O4/c1-23-7-10(13(26)24(2)15(23)27)20-12(25)9-5-3-8(4-6-9)11-21-14(28-22-11)16(17,18)19/h3-7H,1-2H3,(H,20,25). The van der Waals surface area contributed by atoms with Crippen molar-refractivity contribution >= 4 is 11.6 Å². The molecule has 2 aromatic heterocycles. The fourth-order valence-electron chi connectivity index (χ4n) is 2.32. The first-order chi connectivity index (χ1) is 13.1. The van der Waals surface area contributed by atoms with Crippen molar-refractivity contribution in [2.45, 2.75) is 6.18 Å². The van der Waals surface area contributed by atoms with Crippen LogP contribution in [0.2, 0.25) is 0 Å². The van der Waals surface area contributed by atoms with Crippen molar-refractivity contribution in [3.63, 3.8) is 0 Å². The largest absolute Gasteiger partial charge is 0.471 e. The molecule has 0 aliphatic rings. The van der Waals surface area contributed by atoms with Gasteiger partial charge in [0.1, 0.15) is 5.69 Å². The zero-order valence-corrected chi connectivity index (χ0v) is 14.4. The quantitative estimate of drug-likeness (QED) is 0.718. The Hall–Kier alpha value is -3.70. The van der Waals surface area contributed by atoms with E-state index in [1.807, 2.05) is 0 Å². The molecule has 3 aromatic rings. The van der Waals surface area contributed by atoms with Crippen LogP contribution < -0.4 is 16.6 Å². The third kappa shape index (κ3) is 3.56. The van der Waals surface area contributed by atoms with Crippen molar-refractivity contribution < 1.29 is 22.5 Å². The first kappa shape index (κ1) is 19.1. The molecule has 0 fully saturated rings. The zero-order valence-electron chi connectivity index (χ0n) is 14.4. The Kier molecular flexibility index (Phi) is 4.63. The SMILES string of the molecule is Cn1cc(NC(=O)c2ccc(-c3noc(C(F)(F)F)n3)cc2)c(=O)n(C)c1=O. The van der Waals surface area contributed by atoms with Gasteiger partial charge in [-0.25, -0.2) is 4.79 Å². The molecule has 0 saturated heterocycles. The molecule has 0 aliphatic carbocycles. The molecule has 1 N–H and O–H groups in total. The number of alkyl halides is 3. The molecule has 3 rings (SSSR count). The number of hydrogen-bond donors (Lipinski definition) is 1. The van der Waals surface area contributed by atoms with Gasteiger partial charge in [-0.15, -0.1) is 0 Å². The number of carbonyl (C=O) groups excluding carboxylic acids is 1. The molecule has 0 saturated carbocycles. The summed E-state index contributed by atoms with van der Waals surface area (Å²) in [7, 11) is 2.70. The topological polar surface area (TPSA) is 112 Å². The number of halogens is 3. The summed E-state index contributed by atoms with van der Waals surface area (Å²) in [5.74, 6) is -2.41. The number of aromatic nitrogens is 4. The lowest BCUT2D eigenvalue weighted by atomic mass is 10.1. The number of aryl methyl sites for hydroxylation is 1. The van der Waals surface area contributed by atoms with Crippen LogP contribution in [-0.2, 0) is 20.3 Å². The van der Waals surface area contributed by atoms with Crippen LogP contribution in [0.15, 0.2) is 44.6 Å². The number of anilines is 1. The summed E-state index contributed by atoms with van der Waals surface area (Å²) >= 11 is 0.